The summed E-state index contributed by atoms with van der Waals surface area (Å²) in [5.74, 6) is -0.271. The number of esters is 1. The third-order valence-electron chi connectivity index (χ3n) is 1.66. The smallest absolute Gasteiger partial charge is 0.348 e. The first-order valence-electron chi connectivity index (χ1n) is 3.61. The molecule has 0 spiro atoms. The van der Waals surface area contributed by atoms with Crippen molar-refractivity contribution in [1.82, 2.24) is 0 Å². The van der Waals surface area contributed by atoms with E-state index in [1.807, 2.05) is 6.07 Å². The molecular formula is C8H8O3S. The van der Waals surface area contributed by atoms with E-state index < -0.39 is 0 Å². The van der Waals surface area contributed by atoms with Crippen molar-refractivity contribution >= 4 is 17.3 Å². The molecule has 0 aliphatic carbocycles. The molecule has 1 unspecified atom stereocenters. The van der Waals surface area contributed by atoms with Gasteiger partial charge >= 0.3 is 5.97 Å². The van der Waals surface area contributed by atoms with Crippen LogP contribution in [0.4, 0.5) is 0 Å². The highest BCUT2D eigenvalue weighted by molar-refractivity contribution is 7.14. The molecule has 2 heterocycles. The number of carbonyl (C=O) groups is 1. The molecule has 1 fully saturated rings. The monoisotopic (exact) mass is 184 g/mol. The Morgan fingerprint density at radius 2 is 2.50 bits per heavy atom. The molecule has 0 N–H and O–H groups in total. The van der Waals surface area contributed by atoms with Crippen LogP contribution in [0.25, 0.3) is 0 Å². The van der Waals surface area contributed by atoms with Gasteiger partial charge in [0.1, 0.15) is 11.0 Å². The molecule has 1 aromatic rings. The zero-order chi connectivity index (χ0) is 8.55. The summed E-state index contributed by atoms with van der Waals surface area (Å²) in [7, 11) is 1.38. The molecule has 4 heteroatoms. The third kappa shape index (κ3) is 1.35. The number of methoxy groups -OCH3 is 1. The maximum Gasteiger partial charge on any atom is 0.348 e. The molecule has 0 saturated carbocycles. The van der Waals surface area contributed by atoms with Gasteiger partial charge in [-0.15, -0.1) is 11.3 Å². The molecule has 12 heavy (non-hydrogen) atoms. The average molecular weight is 184 g/mol. The minimum Gasteiger partial charge on any atom is -0.465 e. The van der Waals surface area contributed by atoms with Gasteiger partial charge < -0.3 is 9.47 Å². The van der Waals surface area contributed by atoms with Crippen molar-refractivity contribution in [2.45, 2.75) is 6.10 Å². The van der Waals surface area contributed by atoms with Crippen LogP contribution in [0.2, 0.25) is 0 Å². The maximum absolute atomic E-state index is 11.0. The largest absolute Gasteiger partial charge is 0.465 e. The third-order valence-corrected chi connectivity index (χ3v) is 2.82. The molecule has 1 saturated heterocycles. The molecule has 1 aliphatic heterocycles. The first-order chi connectivity index (χ1) is 5.81. The lowest BCUT2D eigenvalue weighted by atomic mass is 10.3. The Labute approximate surface area is 73.9 Å². The summed E-state index contributed by atoms with van der Waals surface area (Å²) in [4.78, 5) is 12.8. The van der Waals surface area contributed by atoms with Crippen LogP contribution < -0.4 is 0 Å². The van der Waals surface area contributed by atoms with E-state index in [1.165, 1.54) is 18.4 Å². The van der Waals surface area contributed by atoms with E-state index in [0.29, 0.717) is 4.88 Å². The van der Waals surface area contributed by atoms with Crippen molar-refractivity contribution in [2.75, 3.05) is 13.7 Å². The number of carbonyl (C=O) groups excluding carboxylic acids is 1. The molecule has 1 aromatic heterocycles. The zero-order valence-corrected chi connectivity index (χ0v) is 7.39. The lowest BCUT2D eigenvalue weighted by molar-refractivity contribution is 0.0606. The van der Waals surface area contributed by atoms with Crippen molar-refractivity contribution in [2.24, 2.45) is 0 Å². The number of thiophene rings is 1. The van der Waals surface area contributed by atoms with E-state index in [4.69, 9.17) is 4.74 Å². The summed E-state index contributed by atoms with van der Waals surface area (Å²) in [6.07, 6.45) is 0.230. The Hall–Kier alpha value is -0.870. The first kappa shape index (κ1) is 7.76. The molecule has 3 nitrogen and oxygen atoms in total. The second-order valence-electron chi connectivity index (χ2n) is 2.52. The van der Waals surface area contributed by atoms with Gasteiger partial charge in [0.25, 0.3) is 0 Å². The molecule has 0 amide bonds. The molecule has 64 valence electrons. The summed E-state index contributed by atoms with van der Waals surface area (Å²) in [5, 5.41) is 0. The van der Waals surface area contributed by atoms with Crippen LogP contribution in [0.1, 0.15) is 20.7 Å². The van der Waals surface area contributed by atoms with Crippen LogP contribution in [0.15, 0.2) is 12.1 Å². The standard InChI is InChI=1S/C8H8O3S/c1-10-8(9)7-3-2-6(12-7)5-4-11-5/h2-3,5H,4H2,1H3. The highest BCUT2D eigenvalue weighted by Gasteiger charge is 2.27. The van der Waals surface area contributed by atoms with Gasteiger partial charge in [-0.3, -0.25) is 0 Å². The minimum atomic E-state index is -0.271. The van der Waals surface area contributed by atoms with Gasteiger partial charge in [0.15, 0.2) is 0 Å². The van der Waals surface area contributed by atoms with Gasteiger partial charge in [-0.05, 0) is 12.1 Å². The van der Waals surface area contributed by atoms with Gasteiger partial charge in [-0.1, -0.05) is 0 Å². The van der Waals surface area contributed by atoms with Crippen LogP contribution in [0.5, 0.6) is 0 Å². The van der Waals surface area contributed by atoms with Crippen molar-refractivity contribution < 1.29 is 14.3 Å². The predicted octanol–water partition coefficient (Wildman–Crippen LogP) is 1.61. The summed E-state index contributed by atoms with van der Waals surface area (Å²) in [6, 6.07) is 3.68. The molecule has 0 radical (unpaired) electrons. The van der Waals surface area contributed by atoms with E-state index in [9.17, 15) is 4.79 Å². The Bertz CT molecular complexity index is 301. The molecule has 1 aliphatic rings. The van der Waals surface area contributed by atoms with Crippen molar-refractivity contribution in [3.63, 3.8) is 0 Å². The number of rotatable bonds is 2. The fourth-order valence-electron chi connectivity index (χ4n) is 0.949. The molecule has 1 atom stereocenters. The number of hydrogen-bond acceptors (Lipinski definition) is 4. The molecular weight excluding hydrogens is 176 g/mol. The normalized spacial score (nSPS) is 20.6. The maximum atomic E-state index is 11.0. The SMILES string of the molecule is COC(=O)c1ccc(C2CO2)s1. The Morgan fingerprint density at radius 3 is 3.08 bits per heavy atom. The van der Waals surface area contributed by atoms with Crippen molar-refractivity contribution in [3.05, 3.63) is 21.9 Å². The van der Waals surface area contributed by atoms with Gasteiger partial charge in [0.05, 0.1) is 13.7 Å². The van der Waals surface area contributed by atoms with E-state index in [1.54, 1.807) is 6.07 Å². The van der Waals surface area contributed by atoms with E-state index in [2.05, 4.69) is 4.74 Å². The highest BCUT2D eigenvalue weighted by Crippen LogP contribution is 2.34. The fourth-order valence-corrected chi connectivity index (χ4v) is 1.91. The van der Waals surface area contributed by atoms with E-state index >= 15 is 0 Å². The van der Waals surface area contributed by atoms with E-state index in [-0.39, 0.29) is 12.1 Å². The first-order valence-corrected chi connectivity index (χ1v) is 4.42. The number of epoxide rings is 1. The zero-order valence-electron chi connectivity index (χ0n) is 6.57. The molecule has 0 aromatic carbocycles. The van der Waals surface area contributed by atoms with Gasteiger partial charge in [0.2, 0.25) is 0 Å². The fraction of sp³-hybridized carbons (Fsp3) is 0.375. The predicted molar refractivity (Wildman–Crippen MR) is 44.4 cm³/mol. The Morgan fingerprint density at radius 1 is 1.75 bits per heavy atom. The Kier molecular flexibility index (Phi) is 1.86. The van der Waals surface area contributed by atoms with Crippen LogP contribution in [-0.2, 0) is 9.47 Å². The summed E-state index contributed by atoms with van der Waals surface area (Å²) in [5.41, 5.74) is 0. The number of hydrogen-bond donors (Lipinski definition) is 0. The summed E-state index contributed by atoms with van der Waals surface area (Å²) in [6.45, 7) is 0.779. The topological polar surface area (TPSA) is 38.8 Å². The molecule has 2 rings (SSSR count). The van der Waals surface area contributed by atoms with Gasteiger partial charge in [0, 0.05) is 4.88 Å². The van der Waals surface area contributed by atoms with Crippen LogP contribution in [0, 0.1) is 0 Å². The van der Waals surface area contributed by atoms with E-state index in [0.717, 1.165) is 11.5 Å². The second-order valence-corrected chi connectivity index (χ2v) is 3.63. The van der Waals surface area contributed by atoms with Crippen molar-refractivity contribution in [3.8, 4) is 0 Å². The quantitative estimate of drug-likeness (QED) is 0.517. The van der Waals surface area contributed by atoms with Crippen molar-refractivity contribution in [1.29, 1.82) is 0 Å². The average Bonchev–Trinajstić information content (AvgIpc) is 2.83. The van der Waals surface area contributed by atoms with Gasteiger partial charge in [-0.25, -0.2) is 4.79 Å². The van der Waals surface area contributed by atoms with Crippen LogP contribution >= 0.6 is 11.3 Å². The molecule has 0 bridgehead atoms. The summed E-state index contributed by atoms with van der Waals surface area (Å²) >= 11 is 1.44. The lowest BCUT2D eigenvalue weighted by Crippen LogP contribution is -1.96. The van der Waals surface area contributed by atoms with Crippen LogP contribution in [-0.4, -0.2) is 19.7 Å². The van der Waals surface area contributed by atoms with Crippen LogP contribution in [0.3, 0.4) is 0 Å². The van der Waals surface area contributed by atoms with Gasteiger partial charge in [-0.2, -0.15) is 0 Å². The highest BCUT2D eigenvalue weighted by atomic mass is 32.1. The Balaban J connectivity index is 2.17. The lowest BCUT2D eigenvalue weighted by Gasteiger charge is -1.91. The number of ether oxygens (including phenoxy) is 2. The minimum absolute atomic E-state index is 0.230. The second kappa shape index (κ2) is 2.88. The summed E-state index contributed by atoms with van der Waals surface area (Å²) < 4.78 is 9.66.